The van der Waals surface area contributed by atoms with Gasteiger partial charge in [-0.1, -0.05) is 24.3 Å². The molecule has 1 aromatic heterocycles. The van der Waals surface area contributed by atoms with Gasteiger partial charge in [-0.3, -0.25) is 4.90 Å². The fourth-order valence-corrected chi connectivity index (χ4v) is 2.97. The van der Waals surface area contributed by atoms with Crippen molar-refractivity contribution >= 4 is 17.7 Å². The highest BCUT2D eigenvalue weighted by atomic mass is 32.2. The summed E-state index contributed by atoms with van der Waals surface area (Å²) in [5.74, 6) is 1.84. The van der Waals surface area contributed by atoms with Crippen LogP contribution in [0.1, 0.15) is 37.7 Å². The molecule has 0 amide bonds. The van der Waals surface area contributed by atoms with Gasteiger partial charge in [0, 0.05) is 24.4 Å². The average molecular weight is 403 g/mol. The molecule has 0 aliphatic heterocycles. The number of hydrogen-bond donors (Lipinski definition) is 2. The Morgan fingerprint density at radius 1 is 1.11 bits per heavy atom. The Hall–Kier alpha value is -1.92. The molecule has 2 aromatic rings. The first kappa shape index (κ1) is 22.4. The van der Waals surface area contributed by atoms with Crippen LogP contribution in [-0.2, 0) is 19.6 Å². The molecule has 5 nitrogen and oxygen atoms in total. The van der Waals surface area contributed by atoms with E-state index in [0.717, 1.165) is 37.9 Å². The monoisotopic (exact) mass is 402 g/mol. The first-order chi connectivity index (χ1) is 13.4. The van der Waals surface area contributed by atoms with Crippen molar-refractivity contribution in [1.82, 2.24) is 15.5 Å². The van der Waals surface area contributed by atoms with Gasteiger partial charge in [0.2, 0.25) is 0 Å². The minimum Gasteiger partial charge on any atom is -0.468 e. The van der Waals surface area contributed by atoms with E-state index >= 15 is 0 Å². The lowest BCUT2D eigenvalue weighted by molar-refractivity contribution is 0.287. The highest BCUT2D eigenvalue weighted by Crippen LogP contribution is 2.19. The Labute approximate surface area is 174 Å². The summed E-state index contributed by atoms with van der Waals surface area (Å²) in [5, 5.41) is 6.81. The van der Waals surface area contributed by atoms with Gasteiger partial charge in [-0.15, -0.1) is 0 Å². The second-order valence-electron chi connectivity index (χ2n) is 7.53. The predicted octanol–water partition coefficient (Wildman–Crippen LogP) is 4.11. The SMILES string of the molecule is CCNC(=NCc1ccccc1CN(C)Cc1ccco1)NCC(C)(C)SC. The predicted molar refractivity (Wildman–Crippen MR) is 121 cm³/mol. The third-order valence-electron chi connectivity index (χ3n) is 4.55. The zero-order valence-electron chi connectivity index (χ0n) is 17.8. The van der Waals surface area contributed by atoms with E-state index in [2.05, 4.69) is 73.9 Å². The van der Waals surface area contributed by atoms with Gasteiger partial charge in [0.25, 0.3) is 0 Å². The zero-order chi connectivity index (χ0) is 20.4. The fraction of sp³-hybridized carbons (Fsp3) is 0.500. The van der Waals surface area contributed by atoms with Gasteiger partial charge in [0.05, 0.1) is 19.4 Å². The van der Waals surface area contributed by atoms with E-state index in [-0.39, 0.29) is 4.75 Å². The van der Waals surface area contributed by atoms with Crippen LogP contribution in [0.25, 0.3) is 0 Å². The molecule has 0 fully saturated rings. The summed E-state index contributed by atoms with van der Waals surface area (Å²) < 4.78 is 5.63. The Balaban J connectivity index is 2.02. The van der Waals surface area contributed by atoms with Crippen LogP contribution in [0.15, 0.2) is 52.1 Å². The van der Waals surface area contributed by atoms with Crippen LogP contribution in [0, 0.1) is 0 Å². The summed E-state index contributed by atoms with van der Waals surface area (Å²) in [6.45, 7) is 10.6. The normalized spacial score (nSPS) is 12.4. The number of nitrogens with one attached hydrogen (secondary N) is 2. The Kier molecular flexibility index (Phi) is 8.93. The van der Waals surface area contributed by atoms with E-state index < -0.39 is 0 Å². The van der Waals surface area contributed by atoms with Gasteiger partial charge in [0.1, 0.15) is 5.76 Å². The maximum Gasteiger partial charge on any atom is 0.191 e. The van der Waals surface area contributed by atoms with Crippen molar-refractivity contribution in [2.45, 2.75) is 45.2 Å². The van der Waals surface area contributed by atoms with Gasteiger partial charge in [0.15, 0.2) is 5.96 Å². The Morgan fingerprint density at radius 3 is 2.50 bits per heavy atom. The molecule has 0 aliphatic carbocycles. The van der Waals surface area contributed by atoms with Crippen molar-refractivity contribution in [1.29, 1.82) is 0 Å². The van der Waals surface area contributed by atoms with Gasteiger partial charge in [-0.25, -0.2) is 4.99 Å². The second-order valence-corrected chi connectivity index (χ2v) is 9.05. The Bertz CT molecular complexity index is 728. The minimum atomic E-state index is 0.169. The van der Waals surface area contributed by atoms with Crippen molar-refractivity contribution in [2.75, 3.05) is 26.4 Å². The summed E-state index contributed by atoms with van der Waals surface area (Å²) in [6.07, 6.45) is 3.86. The third-order valence-corrected chi connectivity index (χ3v) is 5.80. The molecule has 154 valence electrons. The lowest BCUT2D eigenvalue weighted by atomic mass is 10.1. The molecule has 0 radical (unpaired) electrons. The number of thioether (sulfide) groups is 1. The van der Waals surface area contributed by atoms with E-state index in [4.69, 9.17) is 9.41 Å². The molecule has 0 saturated heterocycles. The molecule has 0 unspecified atom stereocenters. The third kappa shape index (κ3) is 7.60. The summed E-state index contributed by atoms with van der Waals surface area (Å²) in [4.78, 5) is 7.07. The molecule has 0 spiro atoms. The summed E-state index contributed by atoms with van der Waals surface area (Å²) in [6, 6.07) is 12.5. The molecule has 2 rings (SSSR count). The van der Waals surface area contributed by atoms with Crippen molar-refractivity contribution in [3.63, 3.8) is 0 Å². The number of hydrogen-bond acceptors (Lipinski definition) is 4. The molecule has 28 heavy (non-hydrogen) atoms. The molecule has 6 heteroatoms. The first-order valence-corrected chi connectivity index (χ1v) is 11.0. The smallest absolute Gasteiger partial charge is 0.191 e. The molecule has 0 atom stereocenters. The number of benzene rings is 1. The number of guanidine groups is 1. The van der Waals surface area contributed by atoms with Crippen LogP contribution >= 0.6 is 11.8 Å². The van der Waals surface area contributed by atoms with Gasteiger partial charge < -0.3 is 15.1 Å². The van der Waals surface area contributed by atoms with Crippen LogP contribution < -0.4 is 10.6 Å². The maximum atomic E-state index is 5.46. The number of nitrogens with zero attached hydrogens (tertiary/aromatic N) is 2. The molecular weight excluding hydrogens is 368 g/mol. The van der Waals surface area contributed by atoms with Crippen LogP contribution in [-0.4, -0.2) is 42.0 Å². The van der Waals surface area contributed by atoms with Crippen molar-refractivity contribution in [3.8, 4) is 0 Å². The fourth-order valence-electron chi connectivity index (χ4n) is 2.76. The van der Waals surface area contributed by atoms with Crippen molar-refractivity contribution < 1.29 is 4.42 Å². The van der Waals surface area contributed by atoms with Crippen LogP contribution in [0.3, 0.4) is 0 Å². The van der Waals surface area contributed by atoms with Crippen molar-refractivity contribution in [2.24, 2.45) is 4.99 Å². The molecule has 0 saturated carbocycles. The van der Waals surface area contributed by atoms with E-state index in [1.807, 2.05) is 23.9 Å². The number of aliphatic imine (C=N–C) groups is 1. The van der Waals surface area contributed by atoms with Gasteiger partial charge >= 0.3 is 0 Å². The summed E-state index contributed by atoms with van der Waals surface area (Å²) in [5.41, 5.74) is 2.54. The van der Waals surface area contributed by atoms with Crippen LogP contribution in [0.4, 0.5) is 0 Å². The number of rotatable bonds is 10. The summed E-state index contributed by atoms with van der Waals surface area (Å²) in [7, 11) is 2.11. The van der Waals surface area contributed by atoms with Crippen LogP contribution in [0.5, 0.6) is 0 Å². The van der Waals surface area contributed by atoms with E-state index in [1.165, 1.54) is 11.1 Å². The van der Waals surface area contributed by atoms with Gasteiger partial charge in [-0.2, -0.15) is 11.8 Å². The molecule has 1 aromatic carbocycles. The van der Waals surface area contributed by atoms with Gasteiger partial charge in [-0.05, 0) is 57.3 Å². The lowest BCUT2D eigenvalue weighted by Gasteiger charge is -2.24. The molecule has 0 bridgehead atoms. The van der Waals surface area contributed by atoms with Crippen LogP contribution in [0.2, 0.25) is 0 Å². The topological polar surface area (TPSA) is 52.8 Å². The van der Waals surface area contributed by atoms with E-state index in [9.17, 15) is 0 Å². The first-order valence-electron chi connectivity index (χ1n) is 9.78. The minimum absolute atomic E-state index is 0.169. The van der Waals surface area contributed by atoms with E-state index in [0.29, 0.717) is 6.54 Å². The summed E-state index contributed by atoms with van der Waals surface area (Å²) >= 11 is 1.85. The number of furan rings is 1. The maximum absolute atomic E-state index is 5.46. The zero-order valence-corrected chi connectivity index (χ0v) is 18.6. The molecule has 2 N–H and O–H groups in total. The second kappa shape index (κ2) is 11.2. The molecule has 0 aliphatic rings. The quantitative estimate of drug-likeness (QED) is 0.463. The van der Waals surface area contributed by atoms with Crippen molar-refractivity contribution in [3.05, 3.63) is 59.5 Å². The lowest BCUT2D eigenvalue weighted by Crippen LogP contribution is -2.43. The highest BCUT2D eigenvalue weighted by Gasteiger charge is 2.16. The molecule has 1 heterocycles. The van der Waals surface area contributed by atoms with E-state index in [1.54, 1.807) is 6.26 Å². The highest BCUT2D eigenvalue weighted by molar-refractivity contribution is 7.99. The Morgan fingerprint density at radius 2 is 1.86 bits per heavy atom. The molecular formula is C22H34N4OS. The average Bonchev–Trinajstić information content (AvgIpc) is 3.18. The largest absolute Gasteiger partial charge is 0.468 e. The standard InChI is InChI=1S/C22H34N4OS/c1-6-23-21(25-17-22(2,3)28-5)24-14-18-10-7-8-11-19(18)15-26(4)16-20-12-9-13-27-20/h7-13H,6,14-17H2,1-5H3,(H2,23,24,25).